The fourth-order valence-electron chi connectivity index (χ4n) is 6.15. The van der Waals surface area contributed by atoms with Crippen molar-refractivity contribution in [2.24, 2.45) is 0 Å². The topological polar surface area (TPSA) is 12.9 Å². The molecule has 0 saturated heterocycles. The third kappa shape index (κ3) is 3.09. The number of hydrogen-bond donors (Lipinski definition) is 0. The van der Waals surface area contributed by atoms with Crippen LogP contribution in [0.4, 0.5) is 0 Å². The molecule has 7 rings (SSSR count). The van der Waals surface area contributed by atoms with Crippen molar-refractivity contribution in [3.05, 3.63) is 90.1 Å². The van der Waals surface area contributed by atoms with E-state index in [9.17, 15) is 0 Å². The normalized spacial score (nSPS) is 16.8. The van der Waals surface area contributed by atoms with Gasteiger partial charge in [-0.1, -0.05) is 70.2 Å². The van der Waals surface area contributed by atoms with E-state index in [-0.39, 0.29) is 10.8 Å². The maximum absolute atomic E-state index is 4.91. The summed E-state index contributed by atoms with van der Waals surface area (Å²) in [5, 5.41) is 7.74. The number of nitrogens with zero attached hydrogens (tertiary/aromatic N) is 1. The lowest BCUT2D eigenvalue weighted by Crippen LogP contribution is -2.33. The van der Waals surface area contributed by atoms with E-state index in [0.717, 1.165) is 5.69 Å². The second-order valence-corrected chi connectivity index (χ2v) is 12.6. The van der Waals surface area contributed by atoms with E-state index in [2.05, 4.69) is 100 Å². The minimum Gasteiger partial charge on any atom is -0.256 e. The van der Waals surface area contributed by atoms with E-state index in [1.165, 1.54) is 71.2 Å². The van der Waals surface area contributed by atoms with Gasteiger partial charge in [0, 0.05) is 37.3 Å². The lowest BCUT2D eigenvalue weighted by atomic mass is 9.63. The lowest BCUT2D eigenvalue weighted by Gasteiger charge is -2.41. The molecule has 0 aliphatic heterocycles. The number of hydrogen-bond acceptors (Lipinski definition) is 2. The summed E-state index contributed by atoms with van der Waals surface area (Å²) >= 11 is 1.93. The van der Waals surface area contributed by atoms with E-state index in [0.29, 0.717) is 0 Å². The van der Waals surface area contributed by atoms with Gasteiger partial charge in [-0.3, -0.25) is 4.98 Å². The molecule has 0 fully saturated rings. The van der Waals surface area contributed by atoms with Gasteiger partial charge in [0.2, 0.25) is 0 Å². The van der Waals surface area contributed by atoms with Crippen LogP contribution in [-0.4, -0.2) is 4.98 Å². The molecule has 0 radical (unpaired) electrons. The Labute approximate surface area is 210 Å². The Kier molecular flexibility index (Phi) is 4.31. The molecule has 6 aromatic rings. The van der Waals surface area contributed by atoms with Gasteiger partial charge < -0.3 is 0 Å². The van der Waals surface area contributed by atoms with Crippen molar-refractivity contribution in [1.29, 1.82) is 0 Å². The van der Waals surface area contributed by atoms with E-state index < -0.39 is 0 Å². The number of thiophene rings is 1. The third-order valence-corrected chi connectivity index (χ3v) is 9.49. The molecule has 0 atom stereocenters. The zero-order valence-corrected chi connectivity index (χ0v) is 21.6. The van der Waals surface area contributed by atoms with Gasteiger partial charge in [0.25, 0.3) is 0 Å². The molecule has 0 amide bonds. The van der Waals surface area contributed by atoms with Gasteiger partial charge >= 0.3 is 0 Å². The molecule has 0 N–H and O–H groups in total. The van der Waals surface area contributed by atoms with Gasteiger partial charge in [-0.15, -0.1) is 11.3 Å². The van der Waals surface area contributed by atoms with Crippen LogP contribution in [0.5, 0.6) is 0 Å². The second kappa shape index (κ2) is 7.15. The Morgan fingerprint density at radius 1 is 0.629 bits per heavy atom. The minimum absolute atomic E-state index is 0.208. The van der Waals surface area contributed by atoms with Gasteiger partial charge in [0.05, 0.1) is 5.69 Å². The van der Waals surface area contributed by atoms with Crippen LogP contribution in [0.2, 0.25) is 0 Å². The standard InChI is InChI=1S/C33H29NS/c1-32(2)13-14-33(3,4)28-19-30-26(18-27(28)32)25-17-24-21(16-29(25)35-30)12-15-34-31(24)23-11-7-9-20-8-5-6-10-22(20)23/h5-12,15-19H,13-14H2,1-4H3. The summed E-state index contributed by atoms with van der Waals surface area (Å²) in [6, 6.07) is 27.1. The molecule has 1 nitrogen and oxygen atoms in total. The summed E-state index contributed by atoms with van der Waals surface area (Å²) < 4.78 is 2.76. The van der Waals surface area contributed by atoms with Crippen LogP contribution < -0.4 is 0 Å². The van der Waals surface area contributed by atoms with Crippen LogP contribution in [-0.2, 0) is 10.8 Å². The molecule has 1 aliphatic carbocycles. The monoisotopic (exact) mass is 471 g/mol. The number of benzene rings is 4. The smallest absolute Gasteiger partial charge is 0.0786 e. The van der Waals surface area contributed by atoms with Crippen molar-refractivity contribution < 1.29 is 0 Å². The predicted molar refractivity (Wildman–Crippen MR) is 153 cm³/mol. The van der Waals surface area contributed by atoms with Crippen LogP contribution in [0.3, 0.4) is 0 Å². The van der Waals surface area contributed by atoms with Gasteiger partial charge in [0.15, 0.2) is 0 Å². The molecule has 172 valence electrons. The Hall–Kier alpha value is -3.23. The Bertz CT molecular complexity index is 1800. The molecule has 2 aromatic heterocycles. The van der Waals surface area contributed by atoms with E-state index in [4.69, 9.17) is 4.98 Å². The molecular weight excluding hydrogens is 442 g/mol. The summed E-state index contributed by atoms with van der Waals surface area (Å²) in [6.07, 6.45) is 4.44. The summed E-state index contributed by atoms with van der Waals surface area (Å²) in [4.78, 5) is 4.91. The zero-order chi connectivity index (χ0) is 23.9. The summed E-state index contributed by atoms with van der Waals surface area (Å²) in [5.74, 6) is 0. The summed E-state index contributed by atoms with van der Waals surface area (Å²) in [6.45, 7) is 9.66. The highest BCUT2D eigenvalue weighted by molar-refractivity contribution is 7.25. The van der Waals surface area contributed by atoms with Crippen LogP contribution in [0, 0.1) is 0 Å². The molecule has 0 spiro atoms. The van der Waals surface area contributed by atoms with E-state index in [1.54, 1.807) is 0 Å². The minimum atomic E-state index is 0.208. The lowest BCUT2D eigenvalue weighted by molar-refractivity contribution is 0.332. The van der Waals surface area contributed by atoms with Crippen molar-refractivity contribution in [3.63, 3.8) is 0 Å². The van der Waals surface area contributed by atoms with Crippen molar-refractivity contribution in [3.8, 4) is 11.3 Å². The maximum Gasteiger partial charge on any atom is 0.0786 e. The number of fused-ring (bicyclic) bond motifs is 6. The average Bonchev–Trinajstić information content (AvgIpc) is 3.21. The molecule has 0 unspecified atom stereocenters. The number of aromatic nitrogens is 1. The molecule has 35 heavy (non-hydrogen) atoms. The maximum atomic E-state index is 4.91. The first-order valence-electron chi connectivity index (χ1n) is 12.6. The Morgan fingerprint density at radius 3 is 2.14 bits per heavy atom. The second-order valence-electron chi connectivity index (χ2n) is 11.5. The third-order valence-electron chi connectivity index (χ3n) is 8.37. The van der Waals surface area contributed by atoms with Gasteiger partial charge in [-0.05, 0) is 81.3 Å². The molecular formula is C33H29NS. The number of pyridine rings is 1. The van der Waals surface area contributed by atoms with Crippen molar-refractivity contribution in [2.75, 3.05) is 0 Å². The Balaban J connectivity index is 1.55. The zero-order valence-electron chi connectivity index (χ0n) is 20.8. The van der Waals surface area contributed by atoms with Crippen molar-refractivity contribution in [1.82, 2.24) is 4.98 Å². The highest BCUT2D eigenvalue weighted by atomic mass is 32.1. The van der Waals surface area contributed by atoms with Crippen LogP contribution in [0.25, 0.3) is 53.0 Å². The molecule has 2 heteroatoms. The summed E-state index contributed by atoms with van der Waals surface area (Å²) in [5.41, 5.74) is 5.77. The highest BCUT2D eigenvalue weighted by Crippen LogP contribution is 2.49. The van der Waals surface area contributed by atoms with Crippen LogP contribution in [0.1, 0.15) is 51.7 Å². The largest absolute Gasteiger partial charge is 0.256 e. The average molecular weight is 472 g/mol. The molecule has 0 saturated carbocycles. The molecule has 0 bridgehead atoms. The first-order chi connectivity index (χ1) is 16.8. The van der Waals surface area contributed by atoms with Gasteiger partial charge in [-0.2, -0.15) is 0 Å². The SMILES string of the molecule is CC1(C)CCC(C)(C)c2cc3c(cc21)sc1cc2ccnc(-c4cccc5ccccc45)c2cc13. The predicted octanol–water partition coefficient (Wildman–Crippen LogP) is 9.77. The highest BCUT2D eigenvalue weighted by Gasteiger charge is 2.37. The first-order valence-corrected chi connectivity index (χ1v) is 13.4. The van der Waals surface area contributed by atoms with Gasteiger partial charge in [0.1, 0.15) is 0 Å². The number of rotatable bonds is 1. The van der Waals surface area contributed by atoms with Crippen LogP contribution in [0.15, 0.2) is 79.0 Å². The Morgan fingerprint density at radius 2 is 1.31 bits per heavy atom. The quantitative estimate of drug-likeness (QED) is 0.232. The summed E-state index contributed by atoms with van der Waals surface area (Å²) in [7, 11) is 0. The van der Waals surface area contributed by atoms with Crippen molar-refractivity contribution in [2.45, 2.75) is 51.4 Å². The van der Waals surface area contributed by atoms with E-state index in [1.807, 2.05) is 17.5 Å². The fraction of sp³-hybridized carbons (Fsp3) is 0.242. The first kappa shape index (κ1) is 21.1. The van der Waals surface area contributed by atoms with E-state index >= 15 is 0 Å². The molecule has 2 heterocycles. The van der Waals surface area contributed by atoms with Crippen molar-refractivity contribution >= 4 is 53.1 Å². The van der Waals surface area contributed by atoms with Gasteiger partial charge in [-0.25, -0.2) is 0 Å². The fourth-order valence-corrected chi connectivity index (χ4v) is 7.31. The molecule has 4 aromatic carbocycles. The molecule has 1 aliphatic rings. The van der Waals surface area contributed by atoms with Crippen LogP contribution >= 0.6 is 11.3 Å².